The molecule has 5 heteroatoms. The van der Waals surface area contributed by atoms with E-state index in [9.17, 15) is 9.59 Å². The summed E-state index contributed by atoms with van der Waals surface area (Å²) in [5, 5.41) is 0. The summed E-state index contributed by atoms with van der Waals surface area (Å²) in [6.45, 7) is 4.78. The van der Waals surface area contributed by atoms with Gasteiger partial charge in [-0.1, -0.05) is 17.7 Å². The van der Waals surface area contributed by atoms with E-state index in [-0.39, 0.29) is 17.7 Å². The Labute approximate surface area is 159 Å². The van der Waals surface area contributed by atoms with Crippen molar-refractivity contribution in [2.45, 2.75) is 26.3 Å². The number of anilines is 1. The first kappa shape index (κ1) is 18.0. The van der Waals surface area contributed by atoms with Crippen LogP contribution in [0.25, 0.3) is 0 Å². The lowest BCUT2D eigenvalue weighted by atomic mass is 9.66. The monoisotopic (exact) mass is 366 g/mol. The molecule has 0 aromatic heterocycles. The molecule has 142 valence electrons. The summed E-state index contributed by atoms with van der Waals surface area (Å²) in [6, 6.07) is 5.36. The van der Waals surface area contributed by atoms with E-state index in [0.717, 1.165) is 31.5 Å². The number of nitrogens with two attached hydrogens (primary N) is 1. The fraction of sp³-hybridized carbons (Fsp3) is 0.455. The number of nitrogens with zero attached hydrogens (tertiary/aromatic N) is 1. The Morgan fingerprint density at radius 2 is 2.15 bits per heavy atom. The predicted molar refractivity (Wildman–Crippen MR) is 104 cm³/mol. The lowest BCUT2D eigenvalue weighted by Gasteiger charge is -2.46. The predicted octanol–water partition coefficient (Wildman–Crippen LogP) is 2.97. The number of hydrogen-bond acceptors (Lipinski definition) is 5. The second-order valence-corrected chi connectivity index (χ2v) is 7.84. The van der Waals surface area contributed by atoms with Crippen molar-refractivity contribution in [3.63, 3.8) is 0 Å². The third kappa shape index (κ3) is 3.56. The lowest BCUT2D eigenvalue weighted by Crippen LogP contribution is -2.46. The molecule has 4 rings (SSSR count). The Bertz CT molecular complexity index is 827. The Morgan fingerprint density at radius 1 is 1.30 bits per heavy atom. The molecule has 2 aliphatic carbocycles. The smallest absolute Gasteiger partial charge is 0.338 e. The molecule has 0 amide bonds. The van der Waals surface area contributed by atoms with Crippen LogP contribution in [0.5, 0.6) is 0 Å². The normalized spacial score (nSPS) is 27.1. The van der Waals surface area contributed by atoms with Gasteiger partial charge < -0.3 is 10.5 Å². The molecular formula is C22H26N2O3. The Balaban J connectivity index is 1.51. The molecule has 1 aromatic carbocycles. The van der Waals surface area contributed by atoms with E-state index < -0.39 is 0 Å². The van der Waals surface area contributed by atoms with Gasteiger partial charge in [-0.2, -0.15) is 0 Å². The van der Waals surface area contributed by atoms with Gasteiger partial charge in [0.25, 0.3) is 0 Å². The van der Waals surface area contributed by atoms with Crippen molar-refractivity contribution in [1.82, 2.24) is 4.90 Å². The van der Waals surface area contributed by atoms with Gasteiger partial charge in [0.15, 0.2) is 5.78 Å². The maximum atomic E-state index is 12.2. The summed E-state index contributed by atoms with van der Waals surface area (Å²) in [6.07, 6.45) is 7.87. The van der Waals surface area contributed by atoms with Crippen LogP contribution in [0.1, 0.15) is 35.7 Å². The van der Waals surface area contributed by atoms with Crippen molar-refractivity contribution < 1.29 is 14.3 Å². The van der Waals surface area contributed by atoms with E-state index in [4.69, 9.17) is 10.5 Å². The van der Waals surface area contributed by atoms with Gasteiger partial charge >= 0.3 is 5.97 Å². The summed E-state index contributed by atoms with van der Waals surface area (Å²) >= 11 is 0. The number of fused-ring (bicyclic) bond motifs is 4. The summed E-state index contributed by atoms with van der Waals surface area (Å²) in [4.78, 5) is 26.7. The zero-order chi connectivity index (χ0) is 19.0. The topological polar surface area (TPSA) is 72.6 Å². The molecule has 2 fully saturated rings. The van der Waals surface area contributed by atoms with E-state index in [2.05, 4.69) is 11.0 Å². The zero-order valence-corrected chi connectivity index (χ0v) is 15.7. The number of likely N-dealkylation sites (tertiary alicyclic amines) is 1. The Kier molecular flexibility index (Phi) is 4.87. The van der Waals surface area contributed by atoms with Crippen molar-refractivity contribution in [1.29, 1.82) is 0 Å². The van der Waals surface area contributed by atoms with Gasteiger partial charge in [-0.15, -0.1) is 0 Å². The number of carbonyl (C=O) groups excluding carboxylic acids is 2. The number of esters is 1. The molecule has 1 saturated heterocycles. The minimum Gasteiger partial charge on any atom is -0.462 e. The van der Waals surface area contributed by atoms with Gasteiger partial charge in [0, 0.05) is 31.2 Å². The maximum absolute atomic E-state index is 12.2. The molecule has 1 unspecified atom stereocenters. The highest BCUT2D eigenvalue weighted by Gasteiger charge is 2.41. The van der Waals surface area contributed by atoms with Crippen LogP contribution in [0.3, 0.4) is 0 Å². The van der Waals surface area contributed by atoms with Crippen LogP contribution in [0, 0.1) is 17.8 Å². The van der Waals surface area contributed by atoms with Gasteiger partial charge in [0.1, 0.15) is 0 Å². The highest BCUT2D eigenvalue weighted by Crippen LogP contribution is 2.43. The van der Waals surface area contributed by atoms with Crippen LogP contribution in [0.4, 0.5) is 5.69 Å². The number of nitrogen functional groups attached to an aromatic ring is 1. The van der Waals surface area contributed by atoms with Gasteiger partial charge in [0.05, 0.1) is 12.2 Å². The SMILES string of the molecule is CCOC(=O)c1ccc(N)c(CN2C[C@@H]3CC4C(=O)C=CC=C4[C@@H](C3)C2)c1. The number of rotatable bonds is 4. The Hall–Kier alpha value is -2.40. The third-order valence-corrected chi connectivity index (χ3v) is 6.00. The Morgan fingerprint density at radius 3 is 2.96 bits per heavy atom. The van der Waals surface area contributed by atoms with Crippen molar-refractivity contribution in [3.05, 3.63) is 53.1 Å². The van der Waals surface area contributed by atoms with Gasteiger partial charge in [0.2, 0.25) is 0 Å². The number of carbonyl (C=O) groups is 2. The standard InChI is InChI=1S/C22H26N2O3/c1-2-27-22(26)15-6-7-20(23)17(10-15)13-24-11-14-8-16(12-24)18-4-3-5-21(25)19(18)9-14/h3-7,10,14,16,19H,2,8-9,11-13,23H2,1H3/t14-,16-,19?/m0/s1. The average molecular weight is 366 g/mol. The highest BCUT2D eigenvalue weighted by atomic mass is 16.5. The molecule has 3 atom stereocenters. The molecule has 2 bridgehead atoms. The molecule has 1 heterocycles. The third-order valence-electron chi connectivity index (χ3n) is 6.00. The fourth-order valence-corrected chi connectivity index (χ4v) is 4.83. The number of hydrogen-bond donors (Lipinski definition) is 1. The molecule has 27 heavy (non-hydrogen) atoms. The summed E-state index contributed by atoms with van der Waals surface area (Å²) in [5.74, 6) is 1.02. The molecule has 1 aromatic rings. The van der Waals surface area contributed by atoms with E-state index in [1.54, 1.807) is 25.1 Å². The molecule has 0 radical (unpaired) electrons. The van der Waals surface area contributed by atoms with Crippen LogP contribution >= 0.6 is 0 Å². The van der Waals surface area contributed by atoms with E-state index >= 15 is 0 Å². The van der Waals surface area contributed by atoms with Crippen LogP contribution in [-0.4, -0.2) is 36.3 Å². The molecule has 1 aliphatic heterocycles. The number of benzene rings is 1. The first-order chi connectivity index (χ1) is 13.0. The van der Waals surface area contributed by atoms with Crippen LogP contribution in [0.2, 0.25) is 0 Å². The lowest BCUT2D eigenvalue weighted by molar-refractivity contribution is -0.119. The maximum Gasteiger partial charge on any atom is 0.338 e. The molecule has 3 aliphatic rings. The number of ether oxygens (including phenoxy) is 1. The van der Waals surface area contributed by atoms with Crippen molar-refractivity contribution >= 4 is 17.4 Å². The second-order valence-electron chi connectivity index (χ2n) is 7.84. The largest absolute Gasteiger partial charge is 0.462 e. The first-order valence-electron chi connectivity index (χ1n) is 9.75. The molecule has 0 spiro atoms. The molecule has 1 saturated carbocycles. The van der Waals surface area contributed by atoms with Gasteiger partial charge in [-0.25, -0.2) is 4.79 Å². The second kappa shape index (κ2) is 7.31. The number of allylic oxidation sites excluding steroid dienone is 3. The molecule has 5 nitrogen and oxygen atoms in total. The number of piperidine rings is 1. The minimum atomic E-state index is -0.310. The summed E-state index contributed by atoms with van der Waals surface area (Å²) in [5.41, 5.74) is 9.69. The number of ketones is 1. The molecular weight excluding hydrogens is 340 g/mol. The van der Waals surface area contributed by atoms with Crippen LogP contribution < -0.4 is 5.73 Å². The van der Waals surface area contributed by atoms with Gasteiger partial charge in [-0.05, 0) is 61.4 Å². The minimum absolute atomic E-state index is 0.0955. The highest BCUT2D eigenvalue weighted by molar-refractivity contribution is 5.95. The zero-order valence-electron chi connectivity index (χ0n) is 15.7. The van der Waals surface area contributed by atoms with Crippen molar-refractivity contribution in [2.24, 2.45) is 17.8 Å². The van der Waals surface area contributed by atoms with Crippen LogP contribution in [-0.2, 0) is 16.1 Å². The van der Waals surface area contributed by atoms with Gasteiger partial charge in [-0.3, -0.25) is 9.69 Å². The fourth-order valence-electron chi connectivity index (χ4n) is 4.83. The average Bonchev–Trinajstić information content (AvgIpc) is 2.64. The van der Waals surface area contributed by atoms with Crippen molar-refractivity contribution in [2.75, 3.05) is 25.4 Å². The van der Waals surface area contributed by atoms with Crippen LogP contribution in [0.15, 0.2) is 42.0 Å². The molecule has 2 N–H and O–H groups in total. The van der Waals surface area contributed by atoms with E-state index in [0.29, 0.717) is 36.2 Å². The summed E-state index contributed by atoms with van der Waals surface area (Å²) in [7, 11) is 0. The quantitative estimate of drug-likeness (QED) is 0.655. The first-order valence-corrected chi connectivity index (χ1v) is 9.75. The summed E-state index contributed by atoms with van der Waals surface area (Å²) < 4.78 is 5.10. The van der Waals surface area contributed by atoms with E-state index in [1.807, 2.05) is 12.1 Å². The van der Waals surface area contributed by atoms with E-state index in [1.165, 1.54) is 5.57 Å². The van der Waals surface area contributed by atoms with Crippen molar-refractivity contribution in [3.8, 4) is 0 Å².